The molecule has 0 bridgehead atoms. The number of unbranched alkanes of at least 4 members (excludes halogenated alkanes) is 33. The molecule has 0 amide bonds. The molecule has 0 heterocycles. The highest BCUT2D eigenvalue weighted by molar-refractivity contribution is 7.51. The van der Waals surface area contributed by atoms with Gasteiger partial charge in [0.1, 0.15) is 12.8 Å². The van der Waals surface area contributed by atoms with Gasteiger partial charge >= 0.3 is 37.4 Å². The van der Waals surface area contributed by atoms with E-state index in [1.165, 1.54) is 58.5 Å². The van der Waals surface area contributed by atoms with Crippen LogP contribution in [0.4, 0.5) is 0 Å². The smallest absolute Gasteiger partial charge is 0.351 e. The van der Waals surface area contributed by atoms with Gasteiger partial charge in [0, 0.05) is 39.0 Å². The molecule has 0 rings (SSSR count). The molecule has 0 saturated heterocycles. The molecular weight excluding hydrogens is 1020 g/mol. The predicted molar refractivity (Wildman–Crippen MR) is 310 cm³/mol. The van der Waals surface area contributed by atoms with Crippen molar-refractivity contribution in [2.75, 3.05) is 33.0 Å². The van der Waals surface area contributed by atoms with Gasteiger partial charge in [-0.05, 0) is 45.1 Å². The Bertz CT molecular complexity index is 1500. The molecule has 0 aromatic heterocycles. The van der Waals surface area contributed by atoms with Gasteiger partial charge in [-0.1, -0.05) is 233 Å². The van der Waals surface area contributed by atoms with Crippen LogP contribution in [-0.2, 0) is 57.0 Å². The molecule has 0 saturated carbocycles. The SMILES string of the molecule is CCCCCCCCCCCC(=O)OC(C(=O)OCCOC)C(OC(=O)CCCCCCCCCCC)C(OC(=O)CCCCCCCCCCC)C(OC(=O)CCCCCCCCCCC)C(O)NCCCCP(=O)(O)O. The number of esters is 5. The molecular formula is C61H116NO15P. The fourth-order valence-electron chi connectivity index (χ4n) is 9.45. The van der Waals surface area contributed by atoms with E-state index in [1.54, 1.807) is 0 Å². The second-order valence-electron chi connectivity index (χ2n) is 21.7. The third-order valence-electron chi connectivity index (χ3n) is 14.2. The third kappa shape index (κ3) is 46.0. The summed E-state index contributed by atoms with van der Waals surface area (Å²) in [5.41, 5.74) is 0. The van der Waals surface area contributed by atoms with Gasteiger partial charge in [0.15, 0.2) is 18.3 Å². The Morgan fingerprint density at radius 3 is 1.04 bits per heavy atom. The van der Waals surface area contributed by atoms with Crippen LogP contribution in [0.1, 0.15) is 297 Å². The first-order valence-corrected chi connectivity index (χ1v) is 33.4. The molecule has 16 nitrogen and oxygen atoms in total. The van der Waals surface area contributed by atoms with E-state index < -0.39 is 74.2 Å². The van der Waals surface area contributed by atoms with Crippen molar-refractivity contribution >= 4 is 37.4 Å². The molecule has 5 atom stereocenters. The summed E-state index contributed by atoms with van der Waals surface area (Å²) in [4.78, 5) is 89.6. The van der Waals surface area contributed by atoms with Crippen LogP contribution in [0, 0.1) is 0 Å². The molecule has 0 aliphatic carbocycles. The van der Waals surface area contributed by atoms with E-state index in [9.17, 15) is 43.4 Å². The van der Waals surface area contributed by atoms with Crippen molar-refractivity contribution in [1.82, 2.24) is 5.32 Å². The number of ether oxygens (including phenoxy) is 6. The van der Waals surface area contributed by atoms with E-state index in [1.807, 2.05) is 0 Å². The zero-order chi connectivity index (χ0) is 57.8. The average Bonchev–Trinajstić information content (AvgIpc) is 3.41. The molecule has 0 radical (unpaired) electrons. The van der Waals surface area contributed by atoms with Crippen LogP contribution in [0.2, 0.25) is 0 Å². The number of carbonyl (C=O) groups is 5. The maximum Gasteiger partial charge on any atom is 0.351 e. The van der Waals surface area contributed by atoms with E-state index in [-0.39, 0.29) is 58.3 Å². The van der Waals surface area contributed by atoms with E-state index in [0.29, 0.717) is 25.7 Å². The van der Waals surface area contributed by atoms with Crippen LogP contribution in [0.3, 0.4) is 0 Å². The number of rotatable bonds is 58. The molecule has 0 aromatic carbocycles. The normalized spacial score (nSPS) is 13.6. The van der Waals surface area contributed by atoms with Crippen LogP contribution >= 0.6 is 7.60 Å². The first-order valence-electron chi connectivity index (χ1n) is 31.6. The van der Waals surface area contributed by atoms with Crippen molar-refractivity contribution in [3.8, 4) is 0 Å². The molecule has 0 aliphatic heterocycles. The van der Waals surface area contributed by atoms with Crippen molar-refractivity contribution in [2.24, 2.45) is 0 Å². The lowest BCUT2D eigenvalue weighted by Gasteiger charge is -2.37. The number of aliphatic hydroxyl groups excluding tert-OH is 1. The number of hydrogen-bond acceptors (Lipinski definition) is 14. The summed E-state index contributed by atoms with van der Waals surface area (Å²) < 4.78 is 46.9. The zero-order valence-corrected chi connectivity index (χ0v) is 51.0. The summed E-state index contributed by atoms with van der Waals surface area (Å²) in [6.45, 7) is 8.41. The van der Waals surface area contributed by atoms with Crippen molar-refractivity contribution in [2.45, 2.75) is 328 Å². The molecule has 460 valence electrons. The van der Waals surface area contributed by atoms with Gasteiger partial charge in [-0.2, -0.15) is 0 Å². The standard InChI is InChI=1S/C61H116NO15P/c1-6-10-14-18-22-26-30-34-38-44-52(63)74-56(58(60(67)62-48-42-43-51-78(69,70)71)76-54(65)46-40-36-32-28-24-20-16-12-8-3)57(75-53(64)45-39-35-31-27-23-19-15-11-7-2)59(61(68)73-50-49-72-5)77-55(66)47-41-37-33-29-25-21-17-13-9-4/h56-60,62,67H,6-51H2,1-5H3,(H2,69,70,71). The Balaban J connectivity index is 7.25. The molecule has 78 heavy (non-hydrogen) atoms. The van der Waals surface area contributed by atoms with Gasteiger partial charge < -0.3 is 43.3 Å². The van der Waals surface area contributed by atoms with Gasteiger partial charge in [-0.15, -0.1) is 0 Å². The predicted octanol–water partition coefficient (Wildman–Crippen LogP) is 14.4. The van der Waals surface area contributed by atoms with Crippen LogP contribution in [0.25, 0.3) is 0 Å². The van der Waals surface area contributed by atoms with Crippen LogP contribution in [0.15, 0.2) is 0 Å². The van der Waals surface area contributed by atoms with Gasteiger partial charge in [-0.25, -0.2) is 4.79 Å². The van der Waals surface area contributed by atoms with Gasteiger partial charge in [0.05, 0.1) is 6.61 Å². The maximum atomic E-state index is 14.4. The second-order valence-corrected chi connectivity index (χ2v) is 23.5. The van der Waals surface area contributed by atoms with Crippen molar-refractivity contribution in [3.63, 3.8) is 0 Å². The van der Waals surface area contributed by atoms with Crippen molar-refractivity contribution < 1.29 is 71.9 Å². The summed E-state index contributed by atoms with van der Waals surface area (Å²) in [5, 5.41) is 14.9. The largest absolute Gasteiger partial charge is 0.460 e. The first kappa shape index (κ1) is 75.4. The minimum atomic E-state index is -4.31. The van der Waals surface area contributed by atoms with Crippen LogP contribution < -0.4 is 5.32 Å². The maximum absolute atomic E-state index is 14.4. The lowest BCUT2D eigenvalue weighted by molar-refractivity contribution is -0.215. The molecule has 17 heteroatoms. The van der Waals surface area contributed by atoms with Gasteiger partial charge in [0.25, 0.3) is 0 Å². The fraction of sp³-hybridized carbons (Fsp3) is 0.918. The summed E-state index contributed by atoms with van der Waals surface area (Å²) in [7, 11) is -2.89. The molecule has 0 fully saturated rings. The van der Waals surface area contributed by atoms with Gasteiger partial charge in [-0.3, -0.25) is 29.1 Å². The van der Waals surface area contributed by atoms with E-state index >= 15 is 0 Å². The van der Waals surface area contributed by atoms with Crippen LogP contribution in [-0.4, -0.2) is 108 Å². The van der Waals surface area contributed by atoms with E-state index in [4.69, 9.17) is 28.4 Å². The molecule has 0 aliphatic rings. The van der Waals surface area contributed by atoms with Gasteiger partial charge in [0.2, 0.25) is 6.10 Å². The Labute approximate surface area is 474 Å². The first-order chi connectivity index (χ1) is 37.7. The number of hydrogen-bond donors (Lipinski definition) is 4. The number of methoxy groups -OCH3 is 1. The van der Waals surface area contributed by atoms with Crippen molar-refractivity contribution in [3.05, 3.63) is 0 Å². The Hall–Kier alpha value is -2.62. The lowest BCUT2D eigenvalue weighted by Crippen LogP contribution is -2.59. The monoisotopic (exact) mass is 1130 g/mol. The summed E-state index contributed by atoms with van der Waals surface area (Å²) in [6.07, 6.45) is 25.7. The molecule has 4 N–H and O–H groups in total. The van der Waals surface area contributed by atoms with Crippen molar-refractivity contribution in [1.29, 1.82) is 0 Å². The lowest BCUT2D eigenvalue weighted by atomic mass is 9.99. The highest BCUT2D eigenvalue weighted by atomic mass is 31.2. The topological polar surface area (TPSA) is 231 Å². The Kier molecular flexibility index (Phi) is 51.9. The van der Waals surface area contributed by atoms with E-state index in [2.05, 4.69) is 33.0 Å². The molecule has 5 unspecified atom stereocenters. The molecule has 0 aromatic rings. The highest BCUT2D eigenvalue weighted by Gasteiger charge is 2.50. The number of carbonyl (C=O) groups excluding carboxylic acids is 5. The average molecular weight is 1130 g/mol. The Morgan fingerprint density at radius 2 is 0.705 bits per heavy atom. The molecule has 0 spiro atoms. The number of nitrogens with one attached hydrogen (secondary N) is 1. The third-order valence-corrected chi connectivity index (χ3v) is 15.1. The summed E-state index contributed by atoms with van der Waals surface area (Å²) >= 11 is 0. The zero-order valence-electron chi connectivity index (χ0n) is 50.1. The van der Waals surface area contributed by atoms with Crippen LogP contribution in [0.5, 0.6) is 0 Å². The quantitative estimate of drug-likeness (QED) is 0.0146. The summed E-state index contributed by atoms with van der Waals surface area (Å²) in [6, 6.07) is 0. The summed E-state index contributed by atoms with van der Waals surface area (Å²) in [5.74, 6) is -4.20. The minimum Gasteiger partial charge on any atom is -0.460 e. The Morgan fingerprint density at radius 1 is 0.397 bits per heavy atom. The second kappa shape index (κ2) is 53.7. The van der Waals surface area contributed by atoms with E-state index in [0.717, 1.165) is 154 Å². The number of aliphatic hydroxyl groups is 1. The minimum absolute atomic E-state index is 0.0190. The fourth-order valence-corrected chi connectivity index (χ4v) is 10.1. The highest BCUT2D eigenvalue weighted by Crippen LogP contribution is 2.35.